The highest BCUT2D eigenvalue weighted by Gasteiger charge is 2.15. The molecule has 0 amide bonds. The lowest BCUT2D eigenvalue weighted by molar-refractivity contribution is 0.306. The standard InChI is InChI=1S/C12H15N3O/c1-3-4-6-15-12(16)8-10-9-14(2)7-5-11(10)13-15/h8H,5-7,9H2,1-2H3. The maximum Gasteiger partial charge on any atom is 0.267 e. The van der Waals surface area contributed by atoms with Gasteiger partial charge in [0.2, 0.25) is 0 Å². The third-order valence-corrected chi connectivity index (χ3v) is 2.74. The molecule has 4 heteroatoms. The molecule has 0 bridgehead atoms. The lowest BCUT2D eigenvalue weighted by atomic mass is 10.1. The number of aromatic nitrogens is 2. The third kappa shape index (κ3) is 2.15. The molecule has 0 aliphatic carbocycles. The van der Waals surface area contributed by atoms with E-state index in [4.69, 9.17) is 0 Å². The van der Waals surface area contributed by atoms with Crippen molar-refractivity contribution in [2.45, 2.75) is 26.4 Å². The molecule has 1 aliphatic heterocycles. The molecule has 0 saturated carbocycles. The van der Waals surface area contributed by atoms with Gasteiger partial charge in [-0.1, -0.05) is 5.92 Å². The maximum absolute atomic E-state index is 11.7. The molecule has 0 fully saturated rings. The topological polar surface area (TPSA) is 38.1 Å². The highest BCUT2D eigenvalue weighted by Crippen LogP contribution is 2.12. The molecule has 2 rings (SSSR count). The van der Waals surface area contributed by atoms with Gasteiger partial charge in [-0.25, -0.2) is 4.68 Å². The second-order valence-corrected chi connectivity index (χ2v) is 4.03. The zero-order chi connectivity index (χ0) is 11.5. The van der Waals surface area contributed by atoms with Crippen molar-refractivity contribution in [2.24, 2.45) is 0 Å². The Bertz CT molecular complexity index is 507. The van der Waals surface area contributed by atoms with Gasteiger partial charge < -0.3 is 4.90 Å². The molecule has 1 aromatic rings. The molecule has 1 aliphatic rings. The minimum atomic E-state index is -0.0585. The van der Waals surface area contributed by atoms with Gasteiger partial charge in [-0.2, -0.15) is 5.10 Å². The highest BCUT2D eigenvalue weighted by molar-refractivity contribution is 5.20. The Morgan fingerprint density at radius 1 is 1.56 bits per heavy atom. The quantitative estimate of drug-likeness (QED) is 0.633. The molecule has 2 heterocycles. The third-order valence-electron chi connectivity index (χ3n) is 2.74. The van der Waals surface area contributed by atoms with Gasteiger partial charge in [0.15, 0.2) is 0 Å². The molecule has 0 N–H and O–H groups in total. The van der Waals surface area contributed by atoms with Crippen LogP contribution in [0.3, 0.4) is 0 Å². The Balaban J connectivity index is 2.36. The second kappa shape index (κ2) is 4.50. The molecule has 0 atom stereocenters. The van der Waals surface area contributed by atoms with E-state index < -0.39 is 0 Å². The molecule has 4 nitrogen and oxygen atoms in total. The van der Waals surface area contributed by atoms with Crippen molar-refractivity contribution in [3.63, 3.8) is 0 Å². The predicted molar refractivity (Wildman–Crippen MR) is 62.0 cm³/mol. The van der Waals surface area contributed by atoms with Gasteiger partial charge in [0.05, 0.1) is 5.69 Å². The normalized spacial score (nSPS) is 15.1. The Morgan fingerprint density at radius 3 is 3.12 bits per heavy atom. The molecule has 0 unspecified atom stereocenters. The maximum atomic E-state index is 11.7. The van der Waals surface area contributed by atoms with Crippen LogP contribution in [-0.4, -0.2) is 28.3 Å². The summed E-state index contributed by atoms with van der Waals surface area (Å²) in [6.45, 7) is 3.96. The van der Waals surface area contributed by atoms with Crippen LogP contribution in [0.1, 0.15) is 18.2 Å². The van der Waals surface area contributed by atoms with Crippen LogP contribution in [0.5, 0.6) is 0 Å². The summed E-state index contributed by atoms with van der Waals surface area (Å²) in [5, 5.41) is 4.36. The van der Waals surface area contributed by atoms with Crippen LogP contribution in [0.4, 0.5) is 0 Å². The molecule has 84 valence electrons. The lowest BCUT2D eigenvalue weighted by Gasteiger charge is -2.23. The van der Waals surface area contributed by atoms with Crippen molar-refractivity contribution in [1.82, 2.24) is 14.7 Å². The molecule has 0 spiro atoms. The van der Waals surface area contributed by atoms with E-state index in [0.29, 0.717) is 6.54 Å². The smallest absolute Gasteiger partial charge is 0.267 e. The number of hydrogen-bond donors (Lipinski definition) is 0. The minimum absolute atomic E-state index is 0.0585. The van der Waals surface area contributed by atoms with Crippen LogP contribution in [0.15, 0.2) is 10.9 Å². The Kier molecular flexibility index (Phi) is 3.07. The first-order valence-electron chi connectivity index (χ1n) is 5.39. The van der Waals surface area contributed by atoms with Crippen molar-refractivity contribution in [3.05, 3.63) is 27.7 Å². The lowest BCUT2D eigenvalue weighted by Crippen LogP contribution is -2.32. The summed E-state index contributed by atoms with van der Waals surface area (Å²) in [7, 11) is 2.05. The first-order chi connectivity index (χ1) is 7.70. The van der Waals surface area contributed by atoms with Crippen molar-refractivity contribution in [1.29, 1.82) is 0 Å². The average molecular weight is 217 g/mol. The fraction of sp³-hybridized carbons (Fsp3) is 0.500. The van der Waals surface area contributed by atoms with Gasteiger partial charge in [0.1, 0.15) is 6.54 Å². The van der Waals surface area contributed by atoms with Crippen LogP contribution in [0.2, 0.25) is 0 Å². The number of hydrogen-bond acceptors (Lipinski definition) is 3. The minimum Gasteiger partial charge on any atom is -0.302 e. The Labute approximate surface area is 94.9 Å². The van der Waals surface area contributed by atoms with E-state index in [-0.39, 0.29) is 5.56 Å². The first kappa shape index (κ1) is 10.9. The number of nitrogens with zero attached hydrogens (tertiary/aromatic N) is 3. The van der Waals surface area contributed by atoms with Crippen molar-refractivity contribution < 1.29 is 0 Å². The number of fused-ring (bicyclic) bond motifs is 1. The van der Waals surface area contributed by atoms with Gasteiger partial charge in [-0.3, -0.25) is 4.79 Å². The van der Waals surface area contributed by atoms with Crippen LogP contribution in [0, 0.1) is 11.8 Å². The zero-order valence-corrected chi connectivity index (χ0v) is 9.66. The molecule has 16 heavy (non-hydrogen) atoms. The summed E-state index contributed by atoms with van der Waals surface area (Å²) in [6, 6.07) is 1.69. The SMILES string of the molecule is CC#CCn1nc2c(cc1=O)CN(C)CC2. The summed E-state index contributed by atoms with van der Waals surface area (Å²) in [4.78, 5) is 13.9. The monoisotopic (exact) mass is 217 g/mol. The van der Waals surface area contributed by atoms with Gasteiger partial charge >= 0.3 is 0 Å². The molecular weight excluding hydrogens is 202 g/mol. The zero-order valence-electron chi connectivity index (χ0n) is 9.66. The van der Waals surface area contributed by atoms with Gasteiger partial charge in [-0.05, 0) is 19.5 Å². The van der Waals surface area contributed by atoms with Crippen molar-refractivity contribution >= 4 is 0 Å². The molecule has 0 radical (unpaired) electrons. The molecule has 0 saturated heterocycles. The van der Waals surface area contributed by atoms with Crippen molar-refractivity contribution in [3.8, 4) is 11.8 Å². The van der Waals surface area contributed by atoms with Crippen molar-refractivity contribution in [2.75, 3.05) is 13.6 Å². The highest BCUT2D eigenvalue weighted by atomic mass is 16.1. The second-order valence-electron chi connectivity index (χ2n) is 4.03. The molecular formula is C12H15N3O. The van der Waals surface area contributed by atoms with E-state index in [1.54, 1.807) is 13.0 Å². The summed E-state index contributed by atoms with van der Waals surface area (Å²) in [5.74, 6) is 5.63. The van der Waals surface area contributed by atoms with E-state index in [0.717, 1.165) is 30.8 Å². The summed E-state index contributed by atoms with van der Waals surface area (Å²) in [5.41, 5.74) is 2.03. The Morgan fingerprint density at radius 2 is 2.38 bits per heavy atom. The number of rotatable bonds is 1. The molecule has 1 aromatic heterocycles. The van der Waals surface area contributed by atoms with Crippen LogP contribution >= 0.6 is 0 Å². The largest absolute Gasteiger partial charge is 0.302 e. The van der Waals surface area contributed by atoms with Gasteiger partial charge in [0.25, 0.3) is 5.56 Å². The van der Waals surface area contributed by atoms with Gasteiger partial charge in [0, 0.05) is 25.6 Å². The predicted octanol–water partition coefficient (Wildman–Crippen LogP) is 0.254. The fourth-order valence-corrected chi connectivity index (χ4v) is 1.85. The average Bonchev–Trinajstić information content (AvgIpc) is 2.26. The summed E-state index contributed by atoms with van der Waals surface area (Å²) < 4.78 is 1.45. The van der Waals surface area contributed by atoms with Crippen LogP contribution < -0.4 is 5.56 Å². The first-order valence-corrected chi connectivity index (χ1v) is 5.39. The van der Waals surface area contributed by atoms with E-state index in [9.17, 15) is 4.79 Å². The number of likely N-dealkylation sites (N-methyl/N-ethyl adjacent to an activating group) is 1. The summed E-state index contributed by atoms with van der Waals surface area (Å²) in [6.07, 6.45) is 0.908. The van der Waals surface area contributed by atoms with Crippen LogP contribution in [-0.2, 0) is 19.5 Å². The van der Waals surface area contributed by atoms with Crippen LogP contribution in [0.25, 0.3) is 0 Å². The van der Waals surface area contributed by atoms with Gasteiger partial charge in [-0.15, -0.1) is 5.92 Å². The fourth-order valence-electron chi connectivity index (χ4n) is 1.85. The van der Waals surface area contributed by atoms with E-state index in [1.807, 2.05) is 0 Å². The van der Waals surface area contributed by atoms with E-state index in [2.05, 4.69) is 28.9 Å². The van der Waals surface area contributed by atoms with E-state index in [1.165, 1.54) is 4.68 Å². The van der Waals surface area contributed by atoms with E-state index >= 15 is 0 Å². The molecule has 0 aromatic carbocycles. The summed E-state index contributed by atoms with van der Waals surface area (Å²) >= 11 is 0. The Hall–Kier alpha value is -1.60.